The number of anilines is 2. The molecule has 0 aliphatic carbocycles. The standard InChI is InChI=1S/C61H71N4O.Pt/c1-56(2,3)41-23-26-52-51(34-41)50-25-24-48(37-53(50)65(52)55-35-42(27-28-62-55)61(16,17)40-21-19-18-20-22-40)66-49-33-45(59(10,11)12)30-46(36-49)63-38-54(60(13,14)15)64(39-63)47-31-43(57(4,5)6)29-44(32-47)58(7,8)9;/h18-35,38-39H,1-17H3;/q-3;. The van der Waals surface area contributed by atoms with Crippen molar-refractivity contribution in [2.75, 3.05) is 9.80 Å². The van der Waals surface area contributed by atoms with Gasteiger partial charge in [0.1, 0.15) is 5.82 Å². The fraction of sp³-hybridized carbons (Fsp3) is 0.377. The van der Waals surface area contributed by atoms with Crippen molar-refractivity contribution in [3.63, 3.8) is 0 Å². The van der Waals surface area contributed by atoms with Gasteiger partial charge in [0.05, 0.1) is 0 Å². The summed E-state index contributed by atoms with van der Waals surface area (Å²) in [6.07, 6.45) is 4.21. The van der Waals surface area contributed by atoms with Crippen molar-refractivity contribution in [2.24, 2.45) is 5.41 Å². The van der Waals surface area contributed by atoms with Gasteiger partial charge in [-0.3, -0.25) is 0 Å². The van der Waals surface area contributed by atoms with Crippen LogP contribution in [0.4, 0.5) is 11.4 Å². The molecule has 0 spiro atoms. The molecule has 0 bridgehead atoms. The average Bonchev–Trinajstić information content (AvgIpc) is 3.83. The number of fused-ring (bicyclic) bond motifs is 3. The van der Waals surface area contributed by atoms with Gasteiger partial charge in [-0.1, -0.05) is 172 Å². The van der Waals surface area contributed by atoms with Gasteiger partial charge < -0.3 is 19.1 Å². The van der Waals surface area contributed by atoms with Gasteiger partial charge in [-0.2, -0.15) is 6.07 Å². The Morgan fingerprint density at radius 1 is 0.507 bits per heavy atom. The molecule has 0 saturated carbocycles. The van der Waals surface area contributed by atoms with Crippen molar-refractivity contribution in [3.8, 4) is 17.3 Å². The molecule has 67 heavy (non-hydrogen) atoms. The summed E-state index contributed by atoms with van der Waals surface area (Å²) < 4.78 is 9.17. The number of nitrogens with zero attached hydrogens (tertiary/aromatic N) is 4. The van der Waals surface area contributed by atoms with E-state index in [1.54, 1.807) is 0 Å². The maximum atomic E-state index is 6.92. The predicted octanol–water partition coefficient (Wildman–Crippen LogP) is 16.4. The molecule has 0 unspecified atom stereocenters. The Hall–Kier alpha value is -5.12. The van der Waals surface area contributed by atoms with Gasteiger partial charge in [0.25, 0.3) is 0 Å². The zero-order valence-electron chi connectivity index (χ0n) is 43.1. The zero-order chi connectivity index (χ0) is 47.9. The van der Waals surface area contributed by atoms with E-state index in [4.69, 9.17) is 9.72 Å². The maximum Gasteiger partial charge on any atom is 0.135 e. The van der Waals surface area contributed by atoms with Crippen LogP contribution < -0.4 is 14.5 Å². The third kappa shape index (κ3) is 10.1. The molecule has 5 aromatic carbocycles. The van der Waals surface area contributed by atoms with Gasteiger partial charge in [-0.25, -0.2) is 4.98 Å². The summed E-state index contributed by atoms with van der Waals surface area (Å²) in [5, 5.41) is 2.26. The maximum absolute atomic E-state index is 6.92. The first kappa shape index (κ1) is 49.8. The molecule has 354 valence electrons. The van der Waals surface area contributed by atoms with Crippen LogP contribution in [0.3, 0.4) is 0 Å². The van der Waals surface area contributed by atoms with E-state index in [1.165, 1.54) is 33.5 Å². The van der Waals surface area contributed by atoms with Crippen LogP contribution in [0, 0.1) is 24.2 Å². The largest absolute Gasteiger partial charge is 0.509 e. The molecular weight excluding hydrogens is 1000 g/mol. The molecule has 0 amide bonds. The molecule has 6 heteroatoms. The molecule has 0 fully saturated rings. The molecule has 0 saturated heterocycles. The second kappa shape index (κ2) is 17.4. The first-order valence-corrected chi connectivity index (χ1v) is 23.7. The van der Waals surface area contributed by atoms with Crippen LogP contribution >= 0.6 is 0 Å². The molecule has 3 heterocycles. The smallest absolute Gasteiger partial charge is 0.135 e. The van der Waals surface area contributed by atoms with Gasteiger partial charge in [-0.05, 0) is 91.4 Å². The molecule has 5 nitrogen and oxygen atoms in total. The van der Waals surface area contributed by atoms with Gasteiger partial charge in [0.2, 0.25) is 0 Å². The molecule has 7 aromatic rings. The molecule has 8 rings (SSSR count). The van der Waals surface area contributed by atoms with E-state index in [-0.39, 0.29) is 53.6 Å². The van der Waals surface area contributed by atoms with E-state index in [1.807, 2.05) is 12.3 Å². The minimum absolute atomic E-state index is 0. The van der Waals surface area contributed by atoms with Crippen molar-refractivity contribution >= 4 is 33.2 Å². The van der Waals surface area contributed by atoms with Crippen LogP contribution in [0.25, 0.3) is 27.6 Å². The average molecular weight is 1070 g/mol. The Morgan fingerprint density at radius 3 is 1.72 bits per heavy atom. The zero-order valence-corrected chi connectivity index (χ0v) is 45.3. The number of aromatic nitrogens is 2. The van der Waals surface area contributed by atoms with Gasteiger partial charge in [-0.15, -0.1) is 53.6 Å². The summed E-state index contributed by atoms with van der Waals surface area (Å²) in [5.74, 6) is 2.09. The Kier molecular flexibility index (Phi) is 13.0. The van der Waals surface area contributed by atoms with E-state index in [0.717, 1.165) is 44.6 Å². The molecule has 0 atom stereocenters. The van der Waals surface area contributed by atoms with Crippen molar-refractivity contribution in [3.05, 3.63) is 173 Å². The molecule has 0 radical (unpaired) electrons. The van der Waals surface area contributed by atoms with Crippen LogP contribution in [-0.4, -0.2) is 9.55 Å². The number of allylic oxidation sites excluding steroid dienone is 1. The minimum Gasteiger partial charge on any atom is -0.509 e. The summed E-state index contributed by atoms with van der Waals surface area (Å²) >= 11 is 0. The summed E-state index contributed by atoms with van der Waals surface area (Å²) in [5.41, 5.74) is 12.2. The van der Waals surface area contributed by atoms with E-state index in [0.29, 0.717) is 11.5 Å². The second-order valence-electron chi connectivity index (χ2n) is 24.2. The SMILES string of the molecule is CC(C)(C)C1=CN(c2[c-]c(Oc3[c-]c4c(cc3)c3cc(C(C)(C)C)ccc3n4-c3cc(C(C)(C)c4ccccc4)ccn3)cc(C(C)(C)C)c2)[CH-]N1c1cc(C(C)(C)C)cc(C(C)(C)C)c1.[Pt]. The van der Waals surface area contributed by atoms with Crippen molar-refractivity contribution in [2.45, 2.75) is 145 Å². The quantitative estimate of drug-likeness (QED) is 0.149. The summed E-state index contributed by atoms with van der Waals surface area (Å²) in [7, 11) is 0. The summed E-state index contributed by atoms with van der Waals surface area (Å²) in [6.45, 7) is 41.0. The summed E-state index contributed by atoms with van der Waals surface area (Å²) in [6, 6.07) is 45.1. The van der Waals surface area contributed by atoms with Gasteiger partial charge >= 0.3 is 0 Å². The van der Waals surface area contributed by atoms with Crippen molar-refractivity contribution in [1.82, 2.24) is 9.55 Å². The number of ether oxygens (including phenoxy) is 1. The Balaban J connectivity index is 0.00000666. The number of hydrogen-bond acceptors (Lipinski definition) is 4. The molecule has 1 aliphatic heterocycles. The van der Waals surface area contributed by atoms with Gasteiger partial charge in [0.15, 0.2) is 0 Å². The molecular formula is C61H71N4OPt-3. The number of rotatable bonds is 7. The fourth-order valence-electron chi connectivity index (χ4n) is 8.84. The Bertz CT molecular complexity index is 2940. The fourth-order valence-corrected chi connectivity index (χ4v) is 8.84. The normalized spacial score (nSPS) is 14.2. The number of benzene rings is 5. The minimum atomic E-state index is -0.237. The third-order valence-corrected chi connectivity index (χ3v) is 13.4. The van der Waals surface area contributed by atoms with Crippen LogP contribution in [0.1, 0.15) is 151 Å². The van der Waals surface area contributed by atoms with E-state index >= 15 is 0 Å². The van der Waals surface area contributed by atoms with Crippen LogP contribution in [-0.2, 0) is 48.1 Å². The first-order chi connectivity index (χ1) is 30.6. The molecule has 1 aliphatic rings. The van der Waals surface area contributed by atoms with Crippen molar-refractivity contribution in [1.29, 1.82) is 0 Å². The van der Waals surface area contributed by atoms with E-state index in [2.05, 4.69) is 254 Å². The van der Waals surface area contributed by atoms with E-state index < -0.39 is 0 Å². The Morgan fingerprint density at radius 2 is 1.12 bits per heavy atom. The van der Waals surface area contributed by atoms with Crippen molar-refractivity contribution < 1.29 is 25.8 Å². The topological polar surface area (TPSA) is 33.5 Å². The van der Waals surface area contributed by atoms with Crippen LogP contribution in [0.2, 0.25) is 0 Å². The van der Waals surface area contributed by atoms with E-state index in [9.17, 15) is 0 Å². The predicted molar refractivity (Wildman–Crippen MR) is 279 cm³/mol. The van der Waals surface area contributed by atoms with Gasteiger partial charge in [0, 0.05) is 66.5 Å². The number of pyridine rings is 1. The Labute approximate surface area is 416 Å². The molecule has 0 N–H and O–H groups in total. The molecule has 2 aromatic heterocycles. The van der Waals surface area contributed by atoms with Crippen LogP contribution in [0.15, 0.2) is 121 Å². The number of hydrogen-bond donors (Lipinski definition) is 0. The third-order valence-electron chi connectivity index (χ3n) is 13.4. The monoisotopic (exact) mass is 1070 g/mol. The first-order valence-electron chi connectivity index (χ1n) is 23.7. The van der Waals surface area contributed by atoms with Crippen LogP contribution in [0.5, 0.6) is 11.5 Å². The summed E-state index contributed by atoms with van der Waals surface area (Å²) in [4.78, 5) is 9.62. The second-order valence-corrected chi connectivity index (χ2v) is 24.2.